The van der Waals surface area contributed by atoms with Gasteiger partial charge in [-0.15, -0.1) is 0 Å². The second-order valence-corrected chi connectivity index (χ2v) is 3.73. The van der Waals surface area contributed by atoms with Gasteiger partial charge >= 0.3 is 0 Å². The fourth-order valence-electron chi connectivity index (χ4n) is 0.581. The van der Waals surface area contributed by atoms with Gasteiger partial charge in [0.25, 0.3) is 0 Å². The van der Waals surface area contributed by atoms with Gasteiger partial charge in [0.15, 0.2) is 0 Å². The molecule has 0 aliphatic carbocycles. The minimum atomic E-state index is 0.688. The van der Waals surface area contributed by atoms with Crippen LogP contribution in [0, 0.1) is 0 Å². The Balaban J connectivity index is 3.27. The largest absolute Gasteiger partial charge is 0.549 e. The Morgan fingerprint density at radius 2 is 1.36 bits per heavy atom. The van der Waals surface area contributed by atoms with Gasteiger partial charge in [-0.05, 0) is 30.9 Å². The summed E-state index contributed by atoms with van der Waals surface area (Å²) in [5.74, 6) is 0. The van der Waals surface area contributed by atoms with Crippen LogP contribution in [-0.4, -0.2) is 31.1 Å². The topological polar surface area (TPSA) is 18.5 Å². The summed E-state index contributed by atoms with van der Waals surface area (Å²) in [6.45, 7) is 0. The highest BCUT2D eigenvalue weighted by Gasteiger charge is 1.97. The first kappa shape index (κ1) is 11.2. The van der Waals surface area contributed by atoms with Crippen molar-refractivity contribution in [1.82, 2.24) is 0 Å². The molecule has 0 unspecified atom stereocenters. The van der Waals surface area contributed by atoms with Crippen LogP contribution in [0.3, 0.4) is 0 Å². The summed E-state index contributed by atoms with van der Waals surface area (Å²) in [7, 11) is 1.38. The highest BCUT2D eigenvalue weighted by molar-refractivity contribution is 7.80. The first-order valence-corrected chi connectivity index (χ1v) is 5.79. The molecule has 0 spiro atoms. The summed E-state index contributed by atoms with van der Waals surface area (Å²) in [4.78, 5) is 0. The van der Waals surface area contributed by atoms with Gasteiger partial charge in [0.1, 0.15) is 10.1 Å². The average Bonchev–Trinajstić information content (AvgIpc) is 2.04. The Bertz CT molecular complexity index is 135. The van der Waals surface area contributed by atoms with Gasteiger partial charge in [-0.3, -0.25) is 0 Å². The van der Waals surface area contributed by atoms with Crippen molar-refractivity contribution in [2.24, 2.45) is 0 Å². The molecule has 0 aliphatic rings. The van der Waals surface area contributed by atoms with E-state index in [1.165, 1.54) is 0 Å². The predicted octanol–water partition coefficient (Wildman–Crippen LogP) is -0.595. The molecule has 6 heteroatoms. The van der Waals surface area contributed by atoms with Crippen LogP contribution in [0.4, 0.5) is 0 Å². The first-order valence-electron chi connectivity index (χ1n) is 3.34. The van der Waals surface area contributed by atoms with Gasteiger partial charge in [-0.1, -0.05) is 0 Å². The maximum absolute atomic E-state index is 4.96. The number of thiocarbonyl (C=S) groups is 2. The van der Waals surface area contributed by atoms with Crippen LogP contribution in [0.1, 0.15) is 19.3 Å². The number of hydrogen-bond donors (Lipinski definition) is 0. The van der Waals surface area contributed by atoms with Crippen molar-refractivity contribution in [2.75, 3.05) is 0 Å². The van der Waals surface area contributed by atoms with Gasteiger partial charge in [0.2, 0.25) is 21.0 Å². The quantitative estimate of drug-likeness (QED) is 0.469. The van der Waals surface area contributed by atoms with Gasteiger partial charge in [0.05, 0.1) is 0 Å². The second-order valence-electron chi connectivity index (χ2n) is 2.01. The van der Waals surface area contributed by atoms with Crippen molar-refractivity contribution in [2.45, 2.75) is 19.3 Å². The van der Waals surface area contributed by atoms with E-state index in [1.54, 1.807) is 0 Å². The van der Waals surface area contributed by atoms with E-state index >= 15 is 0 Å². The summed E-state index contributed by atoms with van der Waals surface area (Å²) in [5, 5.41) is 1.40. The third kappa shape index (κ3) is 6.61. The SMILES string of the molecule is [SiH3]OC(=S)CCCC(=S)O[SiH3]. The molecule has 0 saturated heterocycles. The smallest absolute Gasteiger partial charge is 0.204 e. The average molecular weight is 224 g/mol. The molecular formula is C5H12O2S2Si2. The van der Waals surface area contributed by atoms with Crippen LogP contribution in [-0.2, 0) is 8.85 Å². The van der Waals surface area contributed by atoms with E-state index in [9.17, 15) is 0 Å². The molecule has 0 N–H and O–H groups in total. The van der Waals surface area contributed by atoms with E-state index in [0.717, 1.165) is 19.3 Å². The van der Waals surface area contributed by atoms with Crippen molar-refractivity contribution < 1.29 is 8.85 Å². The normalized spacial score (nSPS) is 9.45. The van der Waals surface area contributed by atoms with Gasteiger partial charge in [-0.2, -0.15) is 0 Å². The fourth-order valence-corrected chi connectivity index (χ4v) is 1.28. The zero-order valence-corrected chi connectivity index (χ0v) is 12.4. The maximum atomic E-state index is 4.96. The first-order chi connectivity index (χ1) is 5.20. The summed E-state index contributed by atoms with van der Waals surface area (Å²) < 4.78 is 9.92. The lowest BCUT2D eigenvalue weighted by atomic mass is 10.2. The van der Waals surface area contributed by atoms with Gasteiger partial charge < -0.3 is 8.85 Å². The summed E-state index contributed by atoms with van der Waals surface area (Å²) in [6.07, 6.45) is 2.59. The molecule has 2 nitrogen and oxygen atoms in total. The van der Waals surface area contributed by atoms with Crippen LogP contribution in [0.15, 0.2) is 0 Å². The molecule has 0 bridgehead atoms. The zero-order chi connectivity index (χ0) is 8.69. The lowest BCUT2D eigenvalue weighted by molar-refractivity contribution is 0.582. The molecule has 0 aromatic carbocycles. The van der Waals surface area contributed by atoms with Crippen LogP contribution < -0.4 is 0 Å². The minimum absolute atomic E-state index is 0.688. The molecule has 0 aromatic heterocycles. The van der Waals surface area contributed by atoms with Crippen molar-refractivity contribution in [1.29, 1.82) is 0 Å². The van der Waals surface area contributed by atoms with E-state index in [-0.39, 0.29) is 0 Å². The van der Waals surface area contributed by atoms with Gasteiger partial charge in [0, 0.05) is 12.8 Å². The Kier molecular flexibility index (Phi) is 7.03. The highest BCUT2D eigenvalue weighted by atomic mass is 32.1. The van der Waals surface area contributed by atoms with E-state index in [2.05, 4.69) is 0 Å². The highest BCUT2D eigenvalue weighted by Crippen LogP contribution is 2.00. The van der Waals surface area contributed by atoms with E-state index < -0.39 is 0 Å². The summed E-state index contributed by atoms with van der Waals surface area (Å²) in [6, 6.07) is 0. The molecule has 0 saturated carbocycles. The van der Waals surface area contributed by atoms with Crippen molar-refractivity contribution in [3.8, 4) is 0 Å². The van der Waals surface area contributed by atoms with Crippen molar-refractivity contribution >= 4 is 55.5 Å². The van der Waals surface area contributed by atoms with Crippen LogP contribution >= 0.6 is 24.4 Å². The maximum Gasteiger partial charge on any atom is 0.204 e. The van der Waals surface area contributed by atoms with E-state index in [1.807, 2.05) is 0 Å². The van der Waals surface area contributed by atoms with Crippen LogP contribution in [0.25, 0.3) is 0 Å². The Hall–Kier alpha value is 0.214. The predicted molar refractivity (Wildman–Crippen MR) is 61.1 cm³/mol. The molecule has 0 fully saturated rings. The molecule has 0 rings (SSSR count). The third-order valence-corrected chi connectivity index (χ3v) is 3.54. The molecule has 0 aliphatic heterocycles. The second kappa shape index (κ2) is 6.90. The summed E-state index contributed by atoms with van der Waals surface area (Å²) in [5.41, 5.74) is 0. The number of rotatable bonds is 4. The van der Waals surface area contributed by atoms with Gasteiger partial charge in [-0.25, -0.2) is 0 Å². The van der Waals surface area contributed by atoms with Crippen molar-refractivity contribution in [3.05, 3.63) is 0 Å². The molecule has 0 heterocycles. The Labute approximate surface area is 83.7 Å². The lowest BCUT2D eigenvalue weighted by Gasteiger charge is -2.03. The van der Waals surface area contributed by atoms with E-state index in [0.29, 0.717) is 31.1 Å². The molecule has 64 valence electrons. The van der Waals surface area contributed by atoms with Crippen molar-refractivity contribution in [3.63, 3.8) is 0 Å². The molecular weight excluding hydrogens is 212 g/mol. The Morgan fingerprint density at radius 3 is 1.64 bits per heavy atom. The van der Waals surface area contributed by atoms with E-state index in [4.69, 9.17) is 33.3 Å². The molecule has 0 amide bonds. The van der Waals surface area contributed by atoms with Crippen LogP contribution in [0.2, 0.25) is 0 Å². The molecule has 0 aromatic rings. The summed E-state index contributed by atoms with van der Waals surface area (Å²) >= 11 is 9.76. The Morgan fingerprint density at radius 1 is 1.00 bits per heavy atom. The fraction of sp³-hybridized carbons (Fsp3) is 0.600. The zero-order valence-electron chi connectivity index (χ0n) is 6.75. The minimum Gasteiger partial charge on any atom is -0.549 e. The molecule has 0 atom stereocenters. The molecule has 0 radical (unpaired) electrons. The number of hydrogen-bond acceptors (Lipinski definition) is 4. The van der Waals surface area contributed by atoms with Crippen LogP contribution in [0.5, 0.6) is 0 Å². The standard InChI is InChI=1S/C5H12O2S2Si2/c8-4(6-10)2-1-3-5(9)7-11/h1-3H2,10-11H3. The third-order valence-electron chi connectivity index (χ3n) is 1.22. The molecule has 11 heavy (non-hydrogen) atoms. The lowest BCUT2D eigenvalue weighted by Crippen LogP contribution is -2.02. The monoisotopic (exact) mass is 224 g/mol.